The molecule has 0 fully saturated rings. The Labute approximate surface area is 233 Å². The highest BCUT2D eigenvalue weighted by Crippen LogP contribution is 2.51. The molecule has 0 amide bonds. The zero-order chi connectivity index (χ0) is 27.7. The van der Waals surface area contributed by atoms with Gasteiger partial charge in [-0.1, -0.05) is 91.9 Å². The summed E-state index contributed by atoms with van der Waals surface area (Å²) in [7, 11) is -3.11. The molecule has 0 bridgehead atoms. The lowest BCUT2D eigenvalue weighted by molar-refractivity contribution is 0.219. The molecule has 0 aromatic heterocycles. The molecule has 5 heteroatoms. The van der Waals surface area contributed by atoms with E-state index >= 15 is 0 Å². The van der Waals surface area contributed by atoms with Crippen LogP contribution in [0.5, 0.6) is 0 Å². The largest absolute Gasteiger partial charge is 0.335 e. The average molecular weight is 540 g/mol. The molecule has 0 saturated carbocycles. The van der Waals surface area contributed by atoms with Crippen LogP contribution in [0, 0.1) is 6.92 Å². The van der Waals surface area contributed by atoms with E-state index in [0.29, 0.717) is 13.2 Å². The van der Waals surface area contributed by atoms with Gasteiger partial charge >= 0.3 is 7.60 Å². The molecule has 4 nitrogen and oxygen atoms in total. The van der Waals surface area contributed by atoms with Crippen LogP contribution in [0.3, 0.4) is 0 Å². The van der Waals surface area contributed by atoms with Crippen LogP contribution in [-0.2, 0) is 26.2 Å². The summed E-state index contributed by atoms with van der Waals surface area (Å²) in [6.07, 6.45) is 5.45. The van der Waals surface area contributed by atoms with Gasteiger partial charge in [0.2, 0.25) is 0 Å². The molecule has 0 saturated heterocycles. The normalized spacial score (nSPS) is 11.7. The van der Waals surface area contributed by atoms with Gasteiger partial charge in [0.1, 0.15) is 0 Å². The molecule has 0 unspecified atom stereocenters. The number of rotatable bonds is 12. The van der Waals surface area contributed by atoms with Crippen LogP contribution >= 0.6 is 7.60 Å². The molecule has 0 spiro atoms. The zero-order valence-corrected chi connectivity index (χ0v) is 24.2. The number of anilines is 3. The van der Waals surface area contributed by atoms with Crippen LogP contribution in [0.15, 0.2) is 97.1 Å². The Morgan fingerprint density at radius 1 is 0.692 bits per heavy atom. The van der Waals surface area contributed by atoms with E-state index in [1.165, 1.54) is 16.8 Å². The second kappa shape index (κ2) is 13.6. The summed E-state index contributed by atoms with van der Waals surface area (Å²) < 4.78 is 23.7. The van der Waals surface area contributed by atoms with Crippen molar-refractivity contribution >= 4 is 36.8 Å². The number of para-hydroxylation sites is 2. The maximum atomic E-state index is 12.8. The lowest BCUT2D eigenvalue weighted by Crippen LogP contribution is -2.13. The molecule has 0 N–H and O–H groups in total. The van der Waals surface area contributed by atoms with Crippen molar-refractivity contribution in [2.75, 3.05) is 18.1 Å². The first-order valence-corrected chi connectivity index (χ1v) is 15.4. The summed E-state index contributed by atoms with van der Waals surface area (Å²) in [4.78, 5) is 2.35. The summed E-state index contributed by atoms with van der Waals surface area (Å²) in [5.41, 5.74) is 9.22. The van der Waals surface area contributed by atoms with E-state index in [0.717, 1.165) is 34.5 Å². The molecule has 202 valence electrons. The van der Waals surface area contributed by atoms with Crippen molar-refractivity contribution < 1.29 is 13.6 Å². The van der Waals surface area contributed by atoms with Gasteiger partial charge in [-0.2, -0.15) is 0 Å². The predicted molar refractivity (Wildman–Crippen MR) is 165 cm³/mol. The fourth-order valence-corrected chi connectivity index (χ4v) is 6.42. The van der Waals surface area contributed by atoms with E-state index in [-0.39, 0.29) is 6.16 Å². The minimum atomic E-state index is -3.11. The van der Waals surface area contributed by atoms with Crippen LogP contribution in [-0.4, -0.2) is 13.2 Å². The van der Waals surface area contributed by atoms with Crippen molar-refractivity contribution in [3.63, 3.8) is 0 Å². The smallest absolute Gasteiger partial charge is 0.310 e. The second-order valence-corrected chi connectivity index (χ2v) is 11.4. The fraction of sp³-hybridized carbons (Fsp3) is 0.235. The molecule has 0 radical (unpaired) electrons. The summed E-state index contributed by atoms with van der Waals surface area (Å²) >= 11 is 0. The van der Waals surface area contributed by atoms with E-state index in [9.17, 15) is 4.57 Å². The summed E-state index contributed by atoms with van der Waals surface area (Å²) in [5.74, 6) is 0. The van der Waals surface area contributed by atoms with Crippen molar-refractivity contribution in [2.45, 2.75) is 40.3 Å². The number of nitrogens with zero attached hydrogens (tertiary/aromatic N) is 1. The van der Waals surface area contributed by atoms with Crippen molar-refractivity contribution in [3.8, 4) is 0 Å². The number of aryl methyl sites for hydroxylation is 2. The van der Waals surface area contributed by atoms with Crippen molar-refractivity contribution in [1.29, 1.82) is 0 Å². The molecular formula is C34H38NO3P. The van der Waals surface area contributed by atoms with Gasteiger partial charge in [-0.15, -0.1) is 0 Å². The fourth-order valence-electron chi connectivity index (χ4n) is 4.72. The van der Waals surface area contributed by atoms with E-state index in [4.69, 9.17) is 9.05 Å². The van der Waals surface area contributed by atoms with E-state index in [1.54, 1.807) is 0 Å². The zero-order valence-electron chi connectivity index (χ0n) is 23.3. The quantitative estimate of drug-likeness (QED) is 0.133. The number of hydrogen-bond donors (Lipinski definition) is 0. The van der Waals surface area contributed by atoms with E-state index in [2.05, 4.69) is 104 Å². The first kappa shape index (κ1) is 28.6. The maximum Gasteiger partial charge on any atom is 0.335 e. The first-order chi connectivity index (χ1) is 19.0. The molecule has 0 heterocycles. The predicted octanol–water partition coefficient (Wildman–Crippen LogP) is 9.96. The average Bonchev–Trinajstić information content (AvgIpc) is 2.95. The highest BCUT2D eigenvalue weighted by atomic mass is 31.2. The molecule has 0 aliphatic rings. The van der Waals surface area contributed by atoms with Gasteiger partial charge in [-0.3, -0.25) is 4.57 Å². The second-order valence-electron chi connectivity index (χ2n) is 9.38. The van der Waals surface area contributed by atoms with Crippen molar-refractivity contribution in [2.24, 2.45) is 0 Å². The third-order valence-corrected chi connectivity index (χ3v) is 8.62. The molecule has 4 aromatic carbocycles. The monoisotopic (exact) mass is 539 g/mol. The minimum Gasteiger partial charge on any atom is -0.310 e. The van der Waals surface area contributed by atoms with Crippen LogP contribution in [0.2, 0.25) is 0 Å². The number of hydrogen-bond acceptors (Lipinski definition) is 4. The Kier molecular flexibility index (Phi) is 9.95. The van der Waals surface area contributed by atoms with Gasteiger partial charge in [0.15, 0.2) is 0 Å². The highest BCUT2D eigenvalue weighted by molar-refractivity contribution is 7.53. The van der Waals surface area contributed by atoms with Crippen LogP contribution < -0.4 is 4.90 Å². The Bertz CT molecular complexity index is 1400. The molecule has 4 rings (SSSR count). The molecule has 0 aliphatic carbocycles. The van der Waals surface area contributed by atoms with Crippen LogP contribution in [0.25, 0.3) is 12.2 Å². The van der Waals surface area contributed by atoms with E-state index < -0.39 is 7.60 Å². The lowest BCUT2D eigenvalue weighted by atomic mass is 10.0. The lowest BCUT2D eigenvalue weighted by Gasteiger charge is -2.29. The molecule has 39 heavy (non-hydrogen) atoms. The topological polar surface area (TPSA) is 38.8 Å². The molecule has 4 aromatic rings. The van der Waals surface area contributed by atoms with Gasteiger partial charge in [0.25, 0.3) is 0 Å². The van der Waals surface area contributed by atoms with E-state index in [1.807, 2.05) is 38.1 Å². The van der Waals surface area contributed by atoms with Gasteiger partial charge in [0, 0.05) is 11.4 Å². The van der Waals surface area contributed by atoms with Crippen molar-refractivity contribution in [1.82, 2.24) is 0 Å². The van der Waals surface area contributed by atoms with Crippen LogP contribution in [0.4, 0.5) is 17.1 Å². The Morgan fingerprint density at radius 2 is 1.26 bits per heavy atom. The third-order valence-electron chi connectivity index (χ3n) is 6.57. The maximum absolute atomic E-state index is 12.8. The van der Waals surface area contributed by atoms with Gasteiger partial charge in [0.05, 0.1) is 25.1 Å². The summed E-state index contributed by atoms with van der Waals surface area (Å²) in [5, 5.41) is 0. The number of benzene rings is 4. The van der Waals surface area contributed by atoms with Gasteiger partial charge in [-0.25, -0.2) is 0 Å². The SMILES string of the molecule is CCOP(=O)(Cc1ccc(C=Cc2ccc(N(c3ccccc3)c3c(C)cccc3CC)cc2)cc1)OCC. The molecule has 0 aliphatic heterocycles. The van der Waals surface area contributed by atoms with Crippen molar-refractivity contribution in [3.05, 3.63) is 125 Å². The summed E-state index contributed by atoms with van der Waals surface area (Å²) in [6.45, 7) is 8.78. The molecule has 0 atom stereocenters. The minimum absolute atomic E-state index is 0.276. The standard InChI is InChI=1S/C34H38NO3P/c1-5-31-13-11-12-27(4)34(31)35(32-14-9-8-10-15-32)33-24-22-29(23-25-33)17-16-28-18-20-30(21-19-28)26-39(36,37-6-2)38-7-3/h8-25H,5-7,26H2,1-4H3. The highest BCUT2D eigenvalue weighted by Gasteiger charge is 2.23. The van der Waals surface area contributed by atoms with Gasteiger partial charge < -0.3 is 13.9 Å². The Morgan fingerprint density at radius 3 is 1.82 bits per heavy atom. The van der Waals surface area contributed by atoms with Gasteiger partial charge in [-0.05, 0) is 79.3 Å². The Balaban J connectivity index is 1.54. The molecular weight excluding hydrogens is 501 g/mol. The third kappa shape index (κ3) is 7.36. The first-order valence-electron chi connectivity index (χ1n) is 13.6. The summed E-state index contributed by atoms with van der Waals surface area (Å²) in [6, 6.07) is 33.8. The Hall–Kier alpha value is -3.43. The van der Waals surface area contributed by atoms with Crippen LogP contribution in [0.1, 0.15) is 48.6 Å².